The van der Waals surface area contributed by atoms with E-state index < -0.39 is 17.4 Å². The molecule has 5 nitrogen and oxygen atoms in total. The Morgan fingerprint density at radius 1 is 1.14 bits per heavy atom. The predicted molar refractivity (Wildman–Crippen MR) is 73.1 cm³/mol. The molecule has 0 amide bonds. The summed E-state index contributed by atoms with van der Waals surface area (Å²) in [6.07, 6.45) is 5.41. The second kappa shape index (κ2) is 4.97. The highest BCUT2D eigenvalue weighted by molar-refractivity contribution is 6.04. The Kier molecular flexibility index (Phi) is 3.38. The highest BCUT2D eigenvalue weighted by Crippen LogP contribution is 2.60. The number of carbonyl (C=O) groups is 3. The molecule has 0 spiro atoms. The lowest BCUT2D eigenvalue weighted by molar-refractivity contribution is -0.173. The smallest absolute Gasteiger partial charge is 0.323 e. The second-order valence-electron chi connectivity index (χ2n) is 6.28. The number of esters is 2. The molecule has 5 heteroatoms. The van der Waals surface area contributed by atoms with Gasteiger partial charge in [-0.15, -0.1) is 0 Å². The lowest BCUT2D eigenvalue weighted by atomic mass is 9.71. The fourth-order valence-electron chi connectivity index (χ4n) is 4.66. The van der Waals surface area contributed by atoms with Crippen molar-refractivity contribution in [2.24, 2.45) is 23.2 Å². The minimum absolute atomic E-state index is 0.0122. The molecule has 2 fully saturated rings. The first-order chi connectivity index (χ1) is 10.1. The largest absolute Gasteiger partial charge is 0.468 e. The maximum absolute atomic E-state index is 12.4. The number of carbonyl (C=O) groups excluding carboxylic acids is 3. The lowest BCUT2D eigenvalue weighted by Crippen LogP contribution is -2.46. The minimum atomic E-state index is -1.26. The molecule has 21 heavy (non-hydrogen) atoms. The quantitative estimate of drug-likeness (QED) is 0.572. The van der Waals surface area contributed by atoms with Crippen molar-refractivity contribution >= 4 is 17.7 Å². The Labute approximate surface area is 123 Å². The van der Waals surface area contributed by atoms with Gasteiger partial charge in [-0.25, -0.2) is 0 Å². The highest BCUT2D eigenvalue weighted by atomic mass is 16.5. The highest BCUT2D eigenvalue weighted by Gasteiger charge is 2.65. The number of hydrogen-bond acceptors (Lipinski definition) is 5. The molecular weight excluding hydrogens is 272 g/mol. The van der Waals surface area contributed by atoms with Crippen molar-refractivity contribution in [1.29, 1.82) is 0 Å². The number of ketones is 1. The molecule has 2 saturated carbocycles. The number of rotatable bonds is 2. The van der Waals surface area contributed by atoms with Crippen LogP contribution in [-0.4, -0.2) is 31.9 Å². The first-order valence-electron chi connectivity index (χ1n) is 7.47. The Morgan fingerprint density at radius 3 is 2.38 bits per heavy atom. The number of ether oxygens (including phenoxy) is 2. The van der Waals surface area contributed by atoms with Gasteiger partial charge in [0.2, 0.25) is 0 Å². The van der Waals surface area contributed by atoms with Gasteiger partial charge in [-0.2, -0.15) is 0 Å². The van der Waals surface area contributed by atoms with Crippen LogP contribution in [0.1, 0.15) is 32.1 Å². The van der Waals surface area contributed by atoms with Crippen LogP contribution in [0.2, 0.25) is 0 Å². The first-order valence-corrected chi connectivity index (χ1v) is 7.47. The third-order valence-corrected chi connectivity index (χ3v) is 5.48. The van der Waals surface area contributed by atoms with Crippen LogP contribution in [0.4, 0.5) is 0 Å². The van der Waals surface area contributed by atoms with Crippen LogP contribution in [0.15, 0.2) is 11.6 Å². The summed E-state index contributed by atoms with van der Waals surface area (Å²) in [4.78, 5) is 37.0. The van der Waals surface area contributed by atoms with Crippen molar-refractivity contribution < 1.29 is 23.9 Å². The van der Waals surface area contributed by atoms with E-state index in [1.54, 1.807) is 6.08 Å². The van der Waals surface area contributed by atoms with E-state index in [2.05, 4.69) is 0 Å². The van der Waals surface area contributed by atoms with Crippen LogP contribution in [0, 0.1) is 23.2 Å². The number of allylic oxidation sites excluding steroid dienone is 2. The molecule has 0 N–H and O–H groups in total. The van der Waals surface area contributed by atoms with E-state index in [9.17, 15) is 14.4 Å². The molecule has 0 unspecified atom stereocenters. The summed E-state index contributed by atoms with van der Waals surface area (Å²) in [5, 5.41) is 0. The zero-order chi connectivity index (χ0) is 15.2. The van der Waals surface area contributed by atoms with Crippen molar-refractivity contribution in [3.63, 3.8) is 0 Å². The van der Waals surface area contributed by atoms with Crippen LogP contribution in [0.25, 0.3) is 0 Å². The van der Waals surface area contributed by atoms with Crippen molar-refractivity contribution in [2.45, 2.75) is 32.1 Å². The van der Waals surface area contributed by atoms with E-state index in [0.717, 1.165) is 31.3 Å². The van der Waals surface area contributed by atoms with Gasteiger partial charge < -0.3 is 9.47 Å². The Morgan fingerprint density at radius 2 is 1.76 bits per heavy atom. The third kappa shape index (κ3) is 1.79. The summed E-state index contributed by atoms with van der Waals surface area (Å²) in [7, 11) is 2.60. The molecular formula is C16H20O5. The zero-order valence-electron chi connectivity index (χ0n) is 12.4. The monoisotopic (exact) mass is 292 g/mol. The second-order valence-corrected chi connectivity index (χ2v) is 6.28. The molecule has 0 radical (unpaired) electrons. The van der Waals surface area contributed by atoms with E-state index >= 15 is 0 Å². The number of methoxy groups -OCH3 is 2. The summed E-state index contributed by atoms with van der Waals surface area (Å²) >= 11 is 0. The van der Waals surface area contributed by atoms with Crippen LogP contribution in [0.5, 0.6) is 0 Å². The summed E-state index contributed by atoms with van der Waals surface area (Å²) in [6, 6.07) is 0. The fourth-order valence-corrected chi connectivity index (χ4v) is 4.66. The molecule has 3 aliphatic rings. The van der Waals surface area contributed by atoms with Crippen molar-refractivity contribution in [3.05, 3.63) is 11.6 Å². The normalized spacial score (nSPS) is 33.0. The van der Waals surface area contributed by atoms with E-state index in [4.69, 9.17) is 9.47 Å². The average molecular weight is 292 g/mol. The molecule has 0 heterocycles. The van der Waals surface area contributed by atoms with Crippen molar-refractivity contribution in [3.8, 4) is 0 Å². The summed E-state index contributed by atoms with van der Waals surface area (Å²) in [6.45, 7) is 0. The maximum Gasteiger partial charge on any atom is 0.323 e. The summed E-state index contributed by atoms with van der Waals surface area (Å²) in [5.74, 6) is -1.12. The minimum Gasteiger partial charge on any atom is -0.468 e. The van der Waals surface area contributed by atoms with Crippen molar-refractivity contribution in [1.82, 2.24) is 0 Å². The van der Waals surface area contributed by atoms with E-state index in [1.165, 1.54) is 14.2 Å². The number of hydrogen-bond donors (Lipinski definition) is 0. The van der Waals surface area contributed by atoms with Crippen LogP contribution in [0.3, 0.4) is 0 Å². The van der Waals surface area contributed by atoms with E-state index in [-0.39, 0.29) is 30.0 Å². The third-order valence-electron chi connectivity index (χ3n) is 5.48. The van der Waals surface area contributed by atoms with Gasteiger partial charge in [-0.1, -0.05) is 18.4 Å². The Hall–Kier alpha value is -1.65. The summed E-state index contributed by atoms with van der Waals surface area (Å²) in [5.41, 5.74) is -0.323. The van der Waals surface area contributed by atoms with Crippen molar-refractivity contribution in [2.75, 3.05) is 14.2 Å². The molecule has 3 aliphatic carbocycles. The zero-order valence-corrected chi connectivity index (χ0v) is 12.4. The maximum atomic E-state index is 12.4. The van der Waals surface area contributed by atoms with E-state index in [1.807, 2.05) is 0 Å². The Balaban J connectivity index is 2.10. The molecule has 3 atom stereocenters. The van der Waals surface area contributed by atoms with Gasteiger partial charge in [0.1, 0.15) is 0 Å². The molecule has 0 aromatic heterocycles. The molecule has 0 aromatic rings. The van der Waals surface area contributed by atoms with Crippen LogP contribution in [-0.2, 0) is 23.9 Å². The van der Waals surface area contributed by atoms with Gasteiger partial charge in [0, 0.05) is 5.92 Å². The van der Waals surface area contributed by atoms with Gasteiger partial charge in [0.05, 0.1) is 14.2 Å². The van der Waals surface area contributed by atoms with E-state index in [0.29, 0.717) is 0 Å². The first kappa shape index (κ1) is 14.3. The fraction of sp³-hybridized carbons (Fsp3) is 0.688. The molecule has 0 aromatic carbocycles. The predicted octanol–water partition coefficient (Wildman–Crippen LogP) is 1.65. The van der Waals surface area contributed by atoms with Crippen LogP contribution < -0.4 is 0 Å². The summed E-state index contributed by atoms with van der Waals surface area (Å²) < 4.78 is 9.87. The molecule has 0 aliphatic heterocycles. The standard InChI is InChI=1S/C16H20O5/c1-20-14(18)16(15(19)21-2)8-9-7-12(17)10-5-3-4-6-11(16)13(9)10/h7,10-11,13H,3-6,8H2,1-2H3/t10-,11+,13+/m1/s1. The Bertz CT molecular complexity index is 517. The van der Waals surface area contributed by atoms with Gasteiger partial charge >= 0.3 is 11.9 Å². The molecule has 0 bridgehead atoms. The van der Waals surface area contributed by atoms with Crippen LogP contribution >= 0.6 is 0 Å². The molecule has 3 rings (SSSR count). The van der Waals surface area contributed by atoms with Gasteiger partial charge in [0.25, 0.3) is 0 Å². The molecule has 0 saturated heterocycles. The van der Waals surface area contributed by atoms with Gasteiger partial charge in [-0.05, 0) is 37.2 Å². The SMILES string of the molecule is COC(=O)C1(C(=O)OC)CC2=CC(=O)[C@H]3CCCC[C@H]1[C@@H]23. The van der Waals surface area contributed by atoms with Gasteiger partial charge in [-0.3, -0.25) is 14.4 Å². The van der Waals surface area contributed by atoms with Gasteiger partial charge in [0.15, 0.2) is 11.2 Å². The lowest BCUT2D eigenvalue weighted by Gasteiger charge is -2.32. The average Bonchev–Trinajstić information content (AvgIpc) is 2.84. The topological polar surface area (TPSA) is 69.7 Å². The molecule has 114 valence electrons.